The molecule has 2 N–H and O–H groups in total. The van der Waals surface area contributed by atoms with E-state index < -0.39 is 0 Å². The lowest BCUT2D eigenvalue weighted by atomic mass is 10.1. The lowest BCUT2D eigenvalue weighted by Crippen LogP contribution is -3.11. The first-order valence-electron chi connectivity index (χ1n) is 9.73. The molecule has 2 atom stereocenters. The number of ketones is 1. The Morgan fingerprint density at radius 2 is 1.93 bits per heavy atom. The fourth-order valence-corrected chi connectivity index (χ4v) is 4.26. The van der Waals surface area contributed by atoms with Gasteiger partial charge in [0.05, 0.1) is 25.4 Å². The van der Waals surface area contributed by atoms with Crippen LogP contribution in [0, 0.1) is 13.8 Å². The molecule has 0 saturated heterocycles. The first-order valence-corrected chi connectivity index (χ1v) is 11.0. The number of para-hydroxylation sites is 1. The van der Waals surface area contributed by atoms with Crippen molar-refractivity contribution >= 4 is 29.1 Å². The lowest BCUT2D eigenvalue weighted by Gasteiger charge is -2.18. The van der Waals surface area contributed by atoms with Crippen LogP contribution in [0.15, 0.2) is 35.2 Å². The molecule has 0 spiro atoms. The Morgan fingerprint density at radius 3 is 2.59 bits per heavy atom. The number of aryl methyl sites for hydroxylation is 1. The highest BCUT2D eigenvalue weighted by Gasteiger charge is 2.22. The number of rotatable bonds is 10. The second kappa shape index (κ2) is 10.6. The summed E-state index contributed by atoms with van der Waals surface area (Å²) in [5, 5.41) is 2.95. The predicted molar refractivity (Wildman–Crippen MR) is 118 cm³/mol. The summed E-state index contributed by atoms with van der Waals surface area (Å²) in [4.78, 5) is 27.2. The fraction of sp³-hybridized carbons (Fsp3) is 0.455. The van der Waals surface area contributed by atoms with Crippen LogP contribution in [-0.4, -0.2) is 56.4 Å². The molecule has 2 aromatic rings. The number of carbonyl (C=O) groups is 2. The smallest absolute Gasteiger partial charge is 0.279 e. The zero-order valence-electron chi connectivity index (χ0n) is 18.2. The van der Waals surface area contributed by atoms with Crippen LogP contribution in [0.2, 0.25) is 0 Å². The average Bonchev–Trinajstić information content (AvgIpc) is 2.96. The highest BCUT2D eigenvalue weighted by Crippen LogP contribution is 2.24. The van der Waals surface area contributed by atoms with E-state index in [2.05, 4.69) is 16.8 Å². The molecule has 7 heteroatoms. The van der Waals surface area contributed by atoms with Gasteiger partial charge in [0.1, 0.15) is 6.54 Å². The minimum atomic E-state index is -0.101. The number of nitrogens with zero attached hydrogens (tertiary/aromatic N) is 1. The van der Waals surface area contributed by atoms with Gasteiger partial charge in [0.25, 0.3) is 5.91 Å². The summed E-state index contributed by atoms with van der Waals surface area (Å²) in [6, 6.07) is 9.80. The van der Waals surface area contributed by atoms with E-state index in [0.717, 1.165) is 32.4 Å². The molecule has 1 heterocycles. The van der Waals surface area contributed by atoms with Crippen LogP contribution in [0.1, 0.15) is 34.7 Å². The molecular formula is C22H32N3O3S+. The Labute approximate surface area is 177 Å². The molecular weight excluding hydrogens is 386 g/mol. The number of ether oxygens (including phenoxy) is 1. The van der Waals surface area contributed by atoms with E-state index in [1.54, 1.807) is 18.9 Å². The fourth-order valence-electron chi connectivity index (χ4n) is 3.70. The molecule has 0 aliphatic carbocycles. The van der Waals surface area contributed by atoms with Crippen LogP contribution in [0.5, 0.6) is 0 Å². The van der Waals surface area contributed by atoms with E-state index in [1.807, 2.05) is 57.5 Å². The minimum Gasteiger partial charge on any atom is -0.383 e. The molecule has 0 radical (unpaired) electrons. The Kier molecular flexibility index (Phi) is 8.49. The number of thioether (sulfide) groups is 1. The van der Waals surface area contributed by atoms with Gasteiger partial charge in [-0.05, 0) is 45.2 Å². The third-order valence-corrected chi connectivity index (χ3v) is 5.73. The quantitative estimate of drug-likeness (QED) is 0.459. The number of likely N-dealkylation sites (N-methyl/N-ethyl adjacent to an activating group) is 1. The van der Waals surface area contributed by atoms with Crippen molar-refractivity contribution in [2.75, 3.05) is 45.4 Å². The molecule has 0 aliphatic rings. The number of carbonyl (C=O) groups excluding carboxylic acids is 2. The first kappa shape index (κ1) is 23.2. The molecule has 0 saturated carbocycles. The van der Waals surface area contributed by atoms with Gasteiger partial charge < -0.3 is 19.5 Å². The molecule has 1 aromatic carbocycles. The Balaban J connectivity index is 2.00. The van der Waals surface area contributed by atoms with Crippen molar-refractivity contribution < 1.29 is 19.2 Å². The largest absolute Gasteiger partial charge is 0.383 e. The van der Waals surface area contributed by atoms with Gasteiger partial charge in [0, 0.05) is 29.0 Å². The number of hydrogen-bond acceptors (Lipinski definition) is 4. The molecule has 1 unspecified atom stereocenters. The van der Waals surface area contributed by atoms with Gasteiger partial charge in [-0.25, -0.2) is 0 Å². The zero-order chi connectivity index (χ0) is 21.6. The average molecular weight is 419 g/mol. The number of hydrogen-bond donors (Lipinski definition) is 2. The van der Waals surface area contributed by atoms with Gasteiger partial charge in [0.2, 0.25) is 5.78 Å². The van der Waals surface area contributed by atoms with Gasteiger partial charge in [-0.1, -0.05) is 12.1 Å². The third kappa shape index (κ3) is 5.95. The SMILES string of the molecule is COC[C@H](C)n1c(C)cc(C(=O)C[NH+](C)CC(=O)Nc2ccccc2SC)c1C. The highest BCUT2D eigenvalue weighted by atomic mass is 32.2. The van der Waals surface area contributed by atoms with E-state index >= 15 is 0 Å². The molecule has 0 aliphatic heterocycles. The highest BCUT2D eigenvalue weighted by molar-refractivity contribution is 7.98. The Morgan fingerprint density at radius 1 is 1.24 bits per heavy atom. The van der Waals surface area contributed by atoms with Crippen molar-refractivity contribution in [3.05, 3.63) is 47.3 Å². The first-order chi connectivity index (χ1) is 13.8. The lowest BCUT2D eigenvalue weighted by molar-refractivity contribution is -0.861. The van der Waals surface area contributed by atoms with Crippen LogP contribution < -0.4 is 10.2 Å². The summed E-state index contributed by atoms with van der Waals surface area (Å²) in [5.41, 5.74) is 3.51. The number of benzene rings is 1. The maximum atomic E-state index is 12.9. The molecule has 158 valence electrons. The molecule has 2 rings (SSSR count). The minimum absolute atomic E-state index is 0.0452. The van der Waals surface area contributed by atoms with E-state index in [-0.39, 0.29) is 30.8 Å². The van der Waals surface area contributed by atoms with E-state index in [4.69, 9.17) is 4.74 Å². The number of nitrogens with one attached hydrogen (secondary N) is 2. The van der Waals surface area contributed by atoms with Crippen LogP contribution in [-0.2, 0) is 9.53 Å². The Hall–Kier alpha value is -2.09. The zero-order valence-corrected chi connectivity index (χ0v) is 19.0. The number of quaternary nitrogens is 1. The van der Waals surface area contributed by atoms with E-state index in [9.17, 15) is 9.59 Å². The molecule has 0 fully saturated rings. The topological polar surface area (TPSA) is 64.8 Å². The number of anilines is 1. The predicted octanol–water partition coefficient (Wildman–Crippen LogP) is 2.37. The van der Waals surface area contributed by atoms with Gasteiger partial charge in [0.15, 0.2) is 6.54 Å². The number of Topliss-reactive ketones (excluding diaryl/α,β-unsaturated/α-hetero) is 1. The molecule has 1 amide bonds. The number of aromatic nitrogens is 1. The van der Waals surface area contributed by atoms with Gasteiger partial charge in [-0.2, -0.15) is 0 Å². The normalized spacial score (nSPS) is 13.2. The summed E-state index contributed by atoms with van der Waals surface area (Å²) >= 11 is 1.59. The Bertz CT molecular complexity index is 863. The van der Waals surface area contributed by atoms with Gasteiger partial charge in [-0.15, -0.1) is 11.8 Å². The molecule has 6 nitrogen and oxygen atoms in total. The van der Waals surface area contributed by atoms with Crippen LogP contribution in [0.4, 0.5) is 5.69 Å². The van der Waals surface area contributed by atoms with Gasteiger partial charge in [-0.3, -0.25) is 9.59 Å². The van der Waals surface area contributed by atoms with Crippen molar-refractivity contribution in [2.24, 2.45) is 0 Å². The third-order valence-electron chi connectivity index (χ3n) is 4.94. The van der Waals surface area contributed by atoms with Crippen molar-refractivity contribution in [2.45, 2.75) is 31.7 Å². The van der Waals surface area contributed by atoms with E-state index in [0.29, 0.717) is 6.61 Å². The van der Waals surface area contributed by atoms with Crippen molar-refractivity contribution in [3.8, 4) is 0 Å². The number of amides is 1. The number of methoxy groups -OCH3 is 1. The summed E-state index contributed by atoms with van der Waals surface area (Å²) in [6.07, 6.45) is 1.98. The summed E-state index contributed by atoms with van der Waals surface area (Å²) in [7, 11) is 3.54. The van der Waals surface area contributed by atoms with Crippen LogP contribution in [0.25, 0.3) is 0 Å². The molecule has 29 heavy (non-hydrogen) atoms. The van der Waals surface area contributed by atoms with Crippen LogP contribution in [0.3, 0.4) is 0 Å². The molecule has 1 aromatic heterocycles. The van der Waals surface area contributed by atoms with Gasteiger partial charge >= 0.3 is 0 Å². The van der Waals surface area contributed by atoms with Crippen molar-refractivity contribution in [1.82, 2.24) is 4.57 Å². The standard InChI is InChI=1S/C22H31N3O3S/c1-15-11-18(17(3)25(15)16(2)14-28-5)20(26)12-24(4)13-22(27)23-19-9-7-8-10-21(19)29-6/h7-11,16H,12-14H2,1-6H3,(H,23,27)/p+1/t16-/m0/s1. The summed E-state index contributed by atoms with van der Waals surface area (Å²) in [6.45, 7) is 7.13. The summed E-state index contributed by atoms with van der Waals surface area (Å²) in [5.74, 6) is -0.0558. The maximum absolute atomic E-state index is 12.9. The summed E-state index contributed by atoms with van der Waals surface area (Å²) < 4.78 is 7.39. The molecule has 0 bridgehead atoms. The van der Waals surface area contributed by atoms with Crippen LogP contribution >= 0.6 is 11.8 Å². The maximum Gasteiger partial charge on any atom is 0.279 e. The van der Waals surface area contributed by atoms with E-state index in [1.165, 1.54) is 0 Å². The van der Waals surface area contributed by atoms with Crippen molar-refractivity contribution in [1.29, 1.82) is 0 Å². The van der Waals surface area contributed by atoms with Crippen molar-refractivity contribution in [3.63, 3.8) is 0 Å². The monoisotopic (exact) mass is 418 g/mol. The second-order valence-corrected chi connectivity index (χ2v) is 8.29. The second-order valence-electron chi connectivity index (χ2n) is 7.44.